The van der Waals surface area contributed by atoms with Crippen LogP contribution in [0.5, 0.6) is 5.75 Å². The predicted molar refractivity (Wildman–Crippen MR) is 72.5 cm³/mol. The van der Waals surface area contributed by atoms with Crippen LogP contribution in [-0.2, 0) is 4.79 Å². The Bertz CT molecular complexity index is 396. The van der Waals surface area contributed by atoms with Crippen molar-refractivity contribution in [3.8, 4) is 5.75 Å². The molecule has 1 aromatic carbocycles. The number of benzene rings is 1. The van der Waals surface area contributed by atoms with Gasteiger partial charge in [-0.15, -0.1) is 0 Å². The summed E-state index contributed by atoms with van der Waals surface area (Å²) >= 11 is 3.38. The van der Waals surface area contributed by atoms with E-state index in [0.29, 0.717) is 6.54 Å². The van der Waals surface area contributed by atoms with Gasteiger partial charge in [-0.25, -0.2) is 0 Å². The lowest BCUT2D eigenvalue weighted by atomic mass is 10.2. The fraction of sp³-hybridized carbons (Fsp3) is 0.417. The molecule has 0 aliphatic rings. The van der Waals surface area contributed by atoms with Gasteiger partial charge >= 0.3 is 0 Å². The van der Waals surface area contributed by atoms with Gasteiger partial charge < -0.3 is 15.4 Å². The smallest absolute Gasteiger partial charge is 0.242 e. The number of hydrogen-bond acceptors (Lipinski definition) is 3. The first-order chi connectivity index (χ1) is 8.08. The normalized spacial score (nSPS) is 11.8. The van der Waals surface area contributed by atoms with Crippen LogP contribution >= 0.6 is 15.9 Å². The minimum Gasteiger partial charge on any atom is -0.495 e. The maximum atomic E-state index is 11.6. The van der Waals surface area contributed by atoms with Crippen LogP contribution in [0.4, 0.5) is 5.69 Å². The SMILES string of the molecule is CCNC(=O)C(C)Nc1ccc(Br)c(OC)c1. The Balaban J connectivity index is 2.71. The lowest BCUT2D eigenvalue weighted by Crippen LogP contribution is -2.37. The van der Waals surface area contributed by atoms with E-state index in [1.807, 2.05) is 32.0 Å². The van der Waals surface area contributed by atoms with E-state index in [0.717, 1.165) is 15.9 Å². The summed E-state index contributed by atoms with van der Waals surface area (Å²) in [5.41, 5.74) is 0.851. The minimum absolute atomic E-state index is 0.0191. The van der Waals surface area contributed by atoms with Gasteiger partial charge in [0.25, 0.3) is 0 Å². The van der Waals surface area contributed by atoms with Crippen LogP contribution in [0.25, 0.3) is 0 Å². The molecule has 4 nitrogen and oxygen atoms in total. The van der Waals surface area contributed by atoms with Crippen LogP contribution in [-0.4, -0.2) is 25.6 Å². The zero-order valence-corrected chi connectivity index (χ0v) is 11.8. The van der Waals surface area contributed by atoms with Gasteiger partial charge in [0.1, 0.15) is 11.8 Å². The van der Waals surface area contributed by atoms with Gasteiger partial charge in [0.15, 0.2) is 0 Å². The van der Waals surface area contributed by atoms with E-state index in [-0.39, 0.29) is 11.9 Å². The van der Waals surface area contributed by atoms with Crippen molar-refractivity contribution in [2.45, 2.75) is 19.9 Å². The number of amides is 1. The zero-order chi connectivity index (χ0) is 12.8. The molecular weight excluding hydrogens is 284 g/mol. The lowest BCUT2D eigenvalue weighted by molar-refractivity contribution is -0.121. The van der Waals surface area contributed by atoms with Crippen LogP contribution < -0.4 is 15.4 Å². The molecule has 0 aliphatic carbocycles. The van der Waals surface area contributed by atoms with Gasteiger partial charge in [0.05, 0.1) is 11.6 Å². The van der Waals surface area contributed by atoms with Crippen LogP contribution in [0.2, 0.25) is 0 Å². The van der Waals surface area contributed by atoms with E-state index >= 15 is 0 Å². The third-order valence-corrected chi connectivity index (χ3v) is 2.93. The van der Waals surface area contributed by atoms with Crippen molar-refractivity contribution in [3.05, 3.63) is 22.7 Å². The minimum atomic E-state index is -0.277. The number of halogens is 1. The molecule has 1 unspecified atom stereocenters. The Morgan fingerprint density at radius 3 is 2.82 bits per heavy atom. The van der Waals surface area contributed by atoms with E-state index in [1.54, 1.807) is 7.11 Å². The second kappa shape index (κ2) is 6.49. The number of hydrogen-bond donors (Lipinski definition) is 2. The molecule has 1 rings (SSSR count). The molecule has 0 heterocycles. The highest BCUT2D eigenvalue weighted by Gasteiger charge is 2.11. The third kappa shape index (κ3) is 3.93. The van der Waals surface area contributed by atoms with Gasteiger partial charge in [0.2, 0.25) is 5.91 Å². The number of carbonyl (C=O) groups is 1. The average Bonchev–Trinajstić information content (AvgIpc) is 2.31. The van der Waals surface area contributed by atoms with E-state index in [1.165, 1.54) is 0 Å². The highest BCUT2D eigenvalue weighted by molar-refractivity contribution is 9.10. The van der Waals surface area contributed by atoms with Crippen LogP contribution in [0, 0.1) is 0 Å². The van der Waals surface area contributed by atoms with Crippen LogP contribution in [0.1, 0.15) is 13.8 Å². The Morgan fingerprint density at radius 2 is 2.24 bits per heavy atom. The summed E-state index contributed by atoms with van der Waals surface area (Å²) < 4.78 is 6.07. The monoisotopic (exact) mass is 300 g/mol. The summed E-state index contributed by atoms with van der Waals surface area (Å²) in [5, 5.41) is 5.88. The summed E-state index contributed by atoms with van der Waals surface area (Å²) in [4.78, 5) is 11.6. The van der Waals surface area contributed by atoms with Gasteiger partial charge in [-0.2, -0.15) is 0 Å². The number of carbonyl (C=O) groups excluding carboxylic acids is 1. The Hall–Kier alpha value is -1.23. The molecule has 0 fully saturated rings. The fourth-order valence-corrected chi connectivity index (χ4v) is 1.80. The largest absolute Gasteiger partial charge is 0.495 e. The summed E-state index contributed by atoms with van der Waals surface area (Å²) in [6.45, 7) is 4.35. The predicted octanol–water partition coefficient (Wildman–Crippen LogP) is 2.39. The van der Waals surface area contributed by atoms with E-state index in [9.17, 15) is 4.79 Å². The highest BCUT2D eigenvalue weighted by atomic mass is 79.9. The number of methoxy groups -OCH3 is 1. The quantitative estimate of drug-likeness (QED) is 0.878. The number of likely N-dealkylation sites (N-methyl/N-ethyl adjacent to an activating group) is 1. The maximum Gasteiger partial charge on any atom is 0.242 e. The fourth-order valence-electron chi connectivity index (χ4n) is 1.39. The van der Waals surface area contributed by atoms with Crippen LogP contribution in [0.3, 0.4) is 0 Å². The van der Waals surface area contributed by atoms with Gasteiger partial charge in [-0.1, -0.05) is 0 Å². The van der Waals surface area contributed by atoms with Crippen molar-refractivity contribution in [3.63, 3.8) is 0 Å². The average molecular weight is 301 g/mol. The first-order valence-corrected chi connectivity index (χ1v) is 6.25. The molecule has 0 radical (unpaired) electrons. The Morgan fingerprint density at radius 1 is 1.53 bits per heavy atom. The second-order valence-electron chi connectivity index (χ2n) is 3.61. The molecule has 0 aromatic heterocycles. The number of ether oxygens (including phenoxy) is 1. The van der Waals surface area contributed by atoms with Gasteiger partial charge in [0, 0.05) is 18.3 Å². The molecule has 0 spiro atoms. The van der Waals surface area contributed by atoms with Crippen LogP contribution in [0.15, 0.2) is 22.7 Å². The molecule has 5 heteroatoms. The molecule has 1 atom stereocenters. The zero-order valence-electron chi connectivity index (χ0n) is 10.2. The molecular formula is C12H17BrN2O2. The van der Waals surface area contributed by atoms with E-state index in [4.69, 9.17) is 4.74 Å². The molecule has 17 heavy (non-hydrogen) atoms. The highest BCUT2D eigenvalue weighted by Crippen LogP contribution is 2.28. The van der Waals surface area contributed by atoms with Crippen molar-refractivity contribution in [2.24, 2.45) is 0 Å². The van der Waals surface area contributed by atoms with Crippen molar-refractivity contribution < 1.29 is 9.53 Å². The lowest BCUT2D eigenvalue weighted by Gasteiger charge is -2.15. The number of rotatable bonds is 5. The standard InChI is InChI=1S/C12H17BrN2O2/c1-4-14-12(16)8(2)15-9-5-6-10(13)11(7-9)17-3/h5-8,15H,4H2,1-3H3,(H,14,16). The van der Waals surface area contributed by atoms with Crippen molar-refractivity contribution in [1.82, 2.24) is 5.32 Å². The van der Waals surface area contributed by atoms with E-state index in [2.05, 4.69) is 26.6 Å². The molecule has 2 N–H and O–H groups in total. The Kier molecular flexibility index (Phi) is 5.28. The summed E-state index contributed by atoms with van der Waals surface area (Å²) in [7, 11) is 1.61. The van der Waals surface area contributed by atoms with Crippen molar-refractivity contribution in [2.75, 3.05) is 19.0 Å². The van der Waals surface area contributed by atoms with Gasteiger partial charge in [-0.3, -0.25) is 4.79 Å². The number of anilines is 1. The molecule has 1 amide bonds. The first-order valence-electron chi connectivity index (χ1n) is 5.46. The van der Waals surface area contributed by atoms with Crippen molar-refractivity contribution >= 4 is 27.5 Å². The first kappa shape index (κ1) is 13.8. The third-order valence-electron chi connectivity index (χ3n) is 2.28. The molecule has 0 aliphatic heterocycles. The summed E-state index contributed by atoms with van der Waals surface area (Å²) in [6.07, 6.45) is 0. The molecule has 0 bridgehead atoms. The molecule has 0 saturated carbocycles. The Labute approximate surface area is 110 Å². The second-order valence-corrected chi connectivity index (χ2v) is 4.46. The van der Waals surface area contributed by atoms with E-state index < -0.39 is 0 Å². The van der Waals surface area contributed by atoms with Crippen molar-refractivity contribution in [1.29, 1.82) is 0 Å². The summed E-state index contributed by atoms with van der Waals surface area (Å²) in [5.74, 6) is 0.715. The summed E-state index contributed by atoms with van der Waals surface area (Å²) in [6, 6.07) is 5.34. The molecule has 1 aromatic rings. The molecule has 94 valence electrons. The molecule has 0 saturated heterocycles. The van der Waals surface area contributed by atoms with Gasteiger partial charge in [-0.05, 0) is 41.9 Å². The maximum absolute atomic E-state index is 11.6. The topological polar surface area (TPSA) is 50.4 Å². The number of nitrogens with one attached hydrogen (secondary N) is 2.